The number of hydrogen-bond donors (Lipinski definition) is 2. The summed E-state index contributed by atoms with van der Waals surface area (Å²) < 4.78 is 5.40. The Morgan fingerprint density at radius 2 is 1.88 bits per heavy atom. The Bertz CT molecular complexity index is 867. The first-order valence-electron chi connectivity index (χ1n) is 7.43. The smallest absolute Gasteiger partial charge is 0.220 e. The summed E-state index contributed by atoms with van der Waals surface area (Å²) in [7, 11) is 0. The summed E-state index contributed by atoms with van der Waals surface area (Å²) in [5, 5.41) is 11.0. The molecular formula is C18H16ClN3O2. The Kier molecular flexibility index (Phi) is 4.53. The average Bonchev–Trinajstić information content (AvgIpc) is 2.56. The molecule has 0 aliphatic heterocycles. The fraction of sp³-hybridized carbons (Fsp3) is 0.111. The van der Waals surface area contributed by atoms with Gasteiger partial charge in [-0.2, -0.15) is 0 Å². The van der Waals surface area contributed by atoms with Gasteiger partial charge in [-0.3, -0.25) is 0 Å². The maximum Gasteiger partial charge on any atom is 0.220 e. The average molecular weight is 342 g/mol. The lowest BCUT2D eigenvalue weighted by molar-refractivity contribution is 0.338. The highest BCUT2D eigenvalue weighted by Crippen LogP contribution is 2.37. The van der Waals surface area contributed by atoms with Crippen LogP contribution in [0.25, 0.3) is 22.4 Å². The number of rotatable bonds is 4. The Hall–Kier alpha value is -2.79. The molecule has 1 heterocycles. The quantitative estimate of drug-likeness (QED) is 0.745. The molecule has 0 aliphatic rings. The van der Waals surface area contributed by atoms with Crippen molar-refractivity contribution in [2.45, 2.75) is 6.92 Å². The van der Waals surface area contributed by atoms with Crippen molar-refractivity contribution in [3.05, 3.63) is 53.7 Å². The van der Waals surface area contributed by atoms with E-state index in [0.29, 0.717) is 28.6 Å². The molecule has 3 rings (SSSR count). The minimum absolute atomic E-state index is 0.0641. The van der Waals surface area contributed by atoms with Crippen molar-refractivity contribution < 1.29 is 9.84 Å². The number of phenolic OH excluding ortho intramolecular Hbond substituents is 1. The lowest BCUT2D eigenvalue weighted by atomic mass is 10.00. The van der Waals surface area contributed by atoms with Gasteiger partial charge in [0.05, 0.1) is 12.3 Å². The lowest BCUT2D eigenvalue weighted by Gasteiger charge is -2.12. The van der Waals surface area contributed by atoms with E-state index in [1.165, 1.54) is 0 Å². The maximum atomic E-state index is 10.4. The standard InChI is InChI=1S/C18H16ClN3O2/c1-2-24-13-7-8-14(16(23)9-13)17-15(10-21-18(20)22-17)11-3-5-12(19)6-4-11/h3-10,23H,2H2,1H3,(H2,20,21,22). The Morgan fingerprint density at radius 3 is 2.54 bits per heavy atom. The number of ether oxygens (including phenoxy) is 1. The van der Waals surface area contributed by atoms with Crippen LogP contribution in [-0.2, 0) is 0 Å². The summed E-state index contributed by atoms with van der Waals surface area (Å²) >= 11 is 5.95. The summed E-state index contributed by atoms with van der Waals surface area (Å²) in [5.41, 5.74) is 8.47. The molecular weight excluding hydrogens is 326 g/mol. The number of phenols is 1. The van der Waals surface area contributed by atoms with Gasteiger partial charge in [0.2, 0.25) is 5.95 Å². The molecule has 0 radical (unpaired) electrons. The molecule has 24 heavy (non-hydrogen) atoms. The molecule has 0 saturated carbocycles. The monoisotopic (exact) mass is 341 g/mol. The van der Waals surface area contributed by atoms with Crippen LogP contribution in [0.5, 0.6) is 11.5 Å². The second kappa shape index (κ2) is 6.76. The third kappa shape index (κ3) is 3.26. The maximum absolute atomic E-state index is 10.4. The molecule has 6 heteroatoms. The molecule has 122 valence electrons. The zero-order valence-electron chi connectivity index (χ0n) is 13.0. The van der Waals surface area contributed by atoms with Gasteiger partial charge in [0.25, 0.3) is 0 Å². The van der Waals surface area contributed by atoms with E-state index < -0.39 is 0 Å². The van der Waals surface area contributed by atoms with E-state index in [9.17, 15) is 5.11 Å². The van der Waals surface area contributed by atoms with Crippen LogP contribution in [0.3, 0.4) is 0 Å². The summed E-state index contributed by atoms with van der Waals surface area (Å²) in [6.45, 7) is 2.41. The van der Waals surface area contributed by atoms with Gasteiger partial charge in [-0.25, -0.2) is 9.97 Å². The van der Waals surface area contributed by atoms with E-state index in [4.69, 9.17) is 22.1 Å². The number of halogens is 1. The van der Waals surface area contributed by atoms with E-state index in [0.717, 1.165) is 11.1 Å². The van der Waals surface area contributed by atoms with Gasteiger partial charge in [0.1, 0.15) is 11.5 Å². The minimum atomic E-state index is 0.0641. The van der Waals surface area contributed by atoms with Crippen molar-refractivity contribution in [2.24, 2.45) is 0 Å². The topological polar surface area (TPSA) is 81.3 Å². The second-order valence-corrected chi connectivity index (χ2v) is 5.55. The van der Waals surface area contributed by atoms with Gasteiger partial charge >= 0.3 is 0 Å². The molecule has 5 nitrogen and oxygen atoms in total. The number of nitrogens with two attached hydrogens (primary N) is 1. The molecule has 0 aliphatic carbocycles. The van der Waals surface area contributed by atoms with Crippen LogP contribution >= 0.6 is 11.6 Å². The summed E-state index contributed by atoms with van der Waals surface area (Å²) in [4.78, 5) is 8.38. The zero-order valence-corrected chi connectivity index (χ0v) is 13.8. The molecule has 0 fully saturated rings. The molecule has 2 aromatic carbocycles. The van der Waals surface area contributed by atoms with Crippen LogP contribution in [0.15, 0.2) is 48.7 Å². The number of hydrogen-bond acceptors (Lipinski definition) is 5. The molecule has 1 aromatic heterocycles. The van der Waals surface area contributed by atoms with Crippen LogP contribution in [0.1, 0.15) is 6.92 Å². The molecule has 0 atom stereocenters. The van der Waals surface area contributed by atoms with Crippen molar-refractivity contribution in [1.82, 2.24) is 9.97 Å². The fourth-order valence-electron chi connectivity index (χ4n) is 2.41. The number of aromatic hydroxyl groups is 1. The van der Waals surface area contributed by atoms with Gasteiger partial charge in [0.15, 0.2) is 0 Å². The third-order valence-electron chi connectivity index (χ3n) is 3.50. The van der Waals surface area contributed by atoms with Crippen molar-refractivity contribution in [3.8, 4) is 33.9 Å². The van der Waals surface area contributed by atoms with Crippen molar-refractivity contribution >= 4 is 17.5 Å². The molecule has 0 spiro atoms. The van der Waals surface area contributed by atoms with Gasteiger partial charge in [-0.05, 0) is 36.8 Å². The lowest BCUT2D eigenvalue weighted by Crippen LogP contribution is -1.99. The summed E-state index contributed by atoms with van der Waals surface area (Å²) in [6.07, 6.45) is 1.64. The van der Waals surface area contributed by atoms with Crippen molar-refractivity contribution in [1.29, 1.82) is 0 Å². The first-order chi connectivity index (χ1) is 11.6. The van der Waals surface area contributed by atoms with E-state index >= 15 is 0 Å². The number of nitrogen functional groups attached to an aromatic ring is 1. The number of benzene rings is 2. The van der Waals surface area contributed by atoms with Gasteiger partial charge in [-0.1, -0.05) is 23.7 Å². The highest BCUT2D eigenvalue weighted by molar-refractivity contribution is 6.30. The van der Waals surface area contributed by atoms with E-state index in [1.807, 2.05) is 19.1 Å². The predicted octanol–water partition coefficient (Wildman–Crippen LogP) is 4.15. The van der Waals surface area contributed by atoms with Crippen LogP contribution in [0, 0.1) is 0 Å². The van der Waals surface area contributed by atoms with Crippen LogP contribution < -0.4 is 10.5 Å². The largest absolute Gasteiger partial charge is 0.507 e. The molecule has 0 saturated heterocycles. The normalized spacial score (nSPS) is 10.6. The van der Waals surface area contributed by atoms with Crippen LogP contribution in [0.2, 0.25) is 5.02 Å². The van der Waals surface area contributed by atoms with Gasteiger partial charge < -0.3 is 15.6 Å². The number of aromatic nitrogens is 2. The molecule has 3 aromatic rings. The van der Waals surface area contributed by atoms with E-state index in [-0.39, 0.29) is 11.7 Å². The van der Waals surface area contributed by atoms with Gasteiger partial charge in [-0.15, -0.1) is 0 Å². The Morgan fingerprint density at radius 1 is 1.12 bits per heavy atom. The second-order valence-electron chi connectivity index (χ2n) is 5.11. The van der Waals surface area contributed by atoms with Crippen molar-refractivity contribution in [2.75, 3.05) is 12.3 Å². The molecule has 0 unspecified atom stereocenters. The van der Waals surface area contributed by atoms with Gasteiger partial charge in [0, 0.05) is 28.4 Å². The van der Waals surface area contributed by atoms with Crippen molar-refractivity contribution in [3.63, 3.8) is 0 Å². The highest BCUT2D eigenvalue weighted by Gasteiger charge is 2.15. The molecule has 0 amide bonds. The number of anilines is 1. The third-order valence-corrected chi connectivity index (χ3v) is 3.75. The Labute approximate surface area is 144 Å². The van der Waals surface area contributed by atoms with Crippen LogP contribution in [-0.4, -0.2) is 21.7 Å². The highest BCUT2D eigenvalue weighted by atomic mass is 35.5. The first kappa shape index (κ1) is 16.1. The number of nitrogens with zero attached hydrogens (tertiary/aromatic N) is 2. The van der Waals surface area contributed by atoms with E-state index in [1.54, 1.807) is 36.5 Å². The zero-order chi connectivity index (χ0) is 17.1. The summed E-state index contributed by atoms with van der Waals surface area (Å²) in [5.74, 6) is 0.791. The predicted molar refractivity (Wildman–Crippen MR) is 95.2 cm³/mol. The first-order valence-corrected chi connectivity index (χ1v) is 7.81. The molecule has 0 bridgehead atoms. The molecule has 3 N–H and O–H groups in total. The fourth-order valence-corrected chi connectivity index (χ4v) is 2.54. The van der Waals surface area contributed by atoms with E-state index in [2.05, 4.69) is 9.97 Å². The SMILES string of the molecule is CCOc1ccc(-c2nc(N)ncc2-c2ccc(Cl)cc2)c(O)c1. The Balaban J connectivity index is 2.13. The minimum Gasteiger partial charge on any atom is -0.507 e. The van der Waals surface area contributed by atoms with Crippen LogP contribution in [0.4, 0.5) is 5.95 Å². The summed E-state index contributed by atoms with van der Waals surface area (Å²) in [6, 6.07) is 12.4.